The maximum atomic E-state index is 6.17. The Labute approximate surface area is 119 Å². The smallest absolute Gasteiger partial charge is 0.117 e. The Morgan fingerprint density at radius 2 is 1.89 bits per heavy atom. The van der Waals surface area contributed by atoms with Gasteiger partial charge in [-0.1, -0.05) is 35.5 Å². The quantitative estimate of drug-likeness (QED) is 0.571. The molecule has 3 aromatic rings. The lowest BCUT2D eigenvalue weighted by molar-refractivity contribution is 1.10. The van der Waals surface area contributed by atoms with Crippen LogP contribution in [-0.2, 0) is 0 Å². The second-order valence-corrected chi connectivity index (χ2v) is 5.43. The molecule has 0 atom stereocenters. The molecule has 0 spiro atoms. The number of nitrogens with zero attached hydrogens (tertiary/aromatic N) is 2. The van der Waals surface area contributed by atoms with E-state index in [9.17, 15) is 0 Å². The molecule has 19 heavy (non-hydrogen) atoms. The molecule has 5 heteroatoms. The van der Waals surface area contributed by atoms with Crippen molar-refractivity contribution in [1.29, 1.82) is 0 Å². The van der Waals surface area contributed by atoms with Gasteiger partial charge in [-0.2, -0.15) is 0 Å². The number of hydrogen-bond donors (Lipinski definition) is 1. The average molecular weight is 288 g/mol. The van der Waals surface area contributed by atoms with E-state index in [1.54, 1.807) is 6.33 Å². The van der Waals surface area contributed by atoms with Crippen LogP contribution in [0.3, 0.4) is 0 Å². The first-order chi connectivity index (χ1) is 9.24. The molecule has 0 saturated heterocycles. The Bertz CT molecular complexity index is 746. The number of halogens is 1. The number of benzene rings is 2. The Kier molecular flexibility index (Phi) is 3.27. The maximum Gasteiger partial charge on any atom is 0.117 e. The third-order valence-electron chi connectivity index (χ3n) is 2.67. The fraction of sp³-hybridized carbons (Fsp3) is 0. The van der Waals surface area contributed by atoms with Gasteiger partial charge >= 0.3 is 0 Å². The standard InChI is InChI=1S/C14H10ClN3S/c15-11-3-1-2-4-13(11)19-14-10-7-9(16)5-6-12(10)17-8-18-14/h1-8H,16H2. The van der Waals surface area contributed by atoms with E-state index in [0.29, 0.717) is 10.7 Å². The van der Waals surface area contributed by atoms with E-state index in [2.05, 4.69) is 9.97 Å². The Hall–Kier alpha value is -1.78. The van der Waals surface area contributed by atoms with Crippen molar-refractivity contribution in [3.05, 3.63) is 53.8 Å². The van der Waals surface area contributed by atoms with E-state index < -0.39 is 0 Å². The summed E-state index contributed by atoms with van der Waals surface area (Å²) in [5.41, 5.74) is 7.40. The third kappa shape index (κ3) is 2.50. The number of nitrogens with two attached hydrogens (primary N) is 1. The summed E-state index contributed by atoms with van der Waals surface area (Å²) in [6.07, 6.45) is 1.55. The van der Waals surface area contributed by atoms with Gasteiger partial charge in [0.25, 0.3) is 0 Å². The van der Waals surface area contributed by atoms with Crippen LogP contribution in [0.1, 0.15) is 0 Å². The van der Waals surface area contributed by atoms with Crippen LogP contribution in [0.25, 0.3) is 10.9 Å². The molecule has 0 fully saturated rings. The highest BCUT2D eigenvalue weighted by Crippen LogP contribution is 2.35. The fourth-order valence-corrected chi connectivity index (χ4v) is 2.91. The molecule has 0 amide bonds. The predicted molar refractivity (Wildman–Crippen MR) is 79.5 cm³/mol. The molecule has 0 aliphatic rings. The van der Waals surface area contributed by atoms with Crippen LogP contribution in [0.2, 0.25) is 5.02 Å². The molecule has 0 aliphatic heterocycles. The lowest BCUT2D eigenvalue weighted by Gasteiger charge is -2.06. The predicted octanol–water partition coefficient (Wildman–Crippen LogP) is 4.02. The summed E-state index contributed by atoms with van der Waals surface area (Å²) < 4.78 is 0. The summed E-state index contributed by atoms with van der Waals surface area (Å²) >= 11 is 7.68. The number of rotatable bonds is 2. The van der Waals surface area contributed by atoms with Gasteiger partial charge in [-0.05, 0) is 30.3 Å². The van der Waals surface area contributed by atoms with Crippen LogP contribution in [0, 0.1) is 0 Å². The number of nitrogen functional groups attached to an aromatic ring is 1. The summed E-state index contributed by atoms with van der Waals surface area (Å²) in [4.78, 5) is 9.52. The minimum atomic E-state index is 0.698. The zero-order chi connectivity index (χ0) is 13.2. The molecule has 1 heterocycles. The van der Waals surface area contributed by atoms with E-state index in [1.165, 1.54) is 11.8 Å². The van der Waals surface area contributed by atoms with Crippen LogP contribution >= 0.6 is 23.4 Å². The van der Waals surface area contributed by atoms with Crippen LogP contribution in [0.15, 0.2) is 58.7 Å². The molecule has 2 N–H and O–H groups in total. The summed E-state index contributed by atoms with van der Waals surface area (Å²) in [7, 11) is 0. The van der Waals surface area contributed by atoms with Crippen LogP contribution in [0.5, 0.6) is 0 Å². The van der Waals surface area contributed by atoms with Gasteiger partial charge in [-0.3, -0.25) is 0 Å². The fourth-order valence-electron chi connectivity index (χ4n) is 1.76. The molecule has 2 aromatic carbocycles. The van der Waals surface area contributed by atoms with Gasteiger partial charge in [0.15, 0.2) is 0 Å². The van der Waals surface area contributed by atoms with Crippen molar-refractivity contribution in [3.63, 3.8) is 0 Å². The molecule has 0 aliphatic carbocycles. The maximum absolute atomic E-state index is 6.17. The van der Waals surface area contributed by atoms with Gasteiger partial charge in [-0.25, -0.2) is 9.97 Å². The summed E-state index contributed by atoms with van der Waals surface area (Å²) in [5.74, 6) is 0. The average Bonchev–Trinajstić information content (AvgIpc) is 2.42. The topological polar surface area (TPSA) is 51.8 Å². The zero-order valence-electron chi connectivity index (χ0n) is 9.88. The first kappa shape index (κ1) is 12.3. The molecule has 0 radical (unpaired) electrons. The molecular weight excluding hydrogens is 278 g/mol. The second-order valence-electron chi connectivity index (χ2n) is 3.99. The van der Waals surface area contributed by atoms with E-state index >= 15 is 0 Å². The highest BCUT2D eigenvalue weighted by molar-refractivity contribution is 7.99. The first-order valence-electron chi connectivity index (χ1n) is 5.66. The minimum absolute atomic E-state index is 0.698. The minimum Gasteiger partial charge on any atom is -0.399 e. The lowest BCUT2D eigenvalue weighted by atomic mass is 10.2. The second kappa shape index (κ2) is 5.07. The molecule has 0 bridgehead atoms. The zero-order valence-corrected chi connectivity index (χ0v) is 11.4. The van der Waals surface area contributed by atoms with Crippen molar-refractivity contribution in [2.24, 2.45) is 0 Å². The summed E-state index contributed by atoms with van der Waals surface area (Å²) in [5, 5.41) is 2.50. The van der Waals surface area contributed by atoms with Crippen molar-refractivity contribution in [2.45, 2.75) is 9.92 Å². The largest absolute Gasteiger partial charge is 0.399 e. The van der Waals surface area contributed by atoms with Crippen molar-refractivity contribution in [2.75, 3.05) is 5.73 Å². The molecule has 1 aromatic heterocycles. The molecule has 94 valence electrons. The van der Waals surface area contributed by atoms with Crippen LogP contribution in [0.4, 0.5) is 5.69 Å². The van der Waals surface area contributed by atoms with Crippen molar-refractivity contribution >= 4 is 40.0 Å². The van der Waals surface area contributed by atoms with Crippen molar-refractivity contribution < 1.29 is 0 Å². The normalized spacial score (nSPS) is 10.8. The molecular formula is C14H10ClN3S. The van der Waals surface area contributed by atoms with Crippen LogP contribution in [-0.4, -0.2) is 9.97 Å². The SMILES string of the molecule is Nc1ccc2ncnc(Sc3ccccc3Cl)c2c1. The number of hydrogen-bond acceptors (Lipinski definition) is 4. The Balaban J connectivity index is 2.10. The number of anilines is 1. The first-order valence-corrected chi connectivity index (χ1v) is 6.86. The highest BCUT2D eigenvalue weighted by atomic mass is 35.5. The highest BCUT2D eigenvalue weighted by Gasteiger charge is 2.08. The third-order valence-corrected chi connectivity index (χ3v) is 4.20. The summed E-state index contributed by atoms with van der Waals surface area (Å²) in [6, 6.07) is 13.3. The van der Waals surface area contributed by atoms with E-state index in [0.717, 1.165) is 20.8 Å². The van der Waals surface area contributed by atoms with Gasteiger partial charge in [-0.15, -0.1) is 0 Å². The molecule has 0 saturated carbocycles. The molecule has 0 unspecified atom stereocenters. The Morgan fingerprint density at radius 1 is 1.05 bits per heavy atom. The number of aromatic nitrogens is 2. The van der Waals surface area contributed by atoms with Gasteiger partial charge in [0.2, 0.25) is 0 Å². The van der Waals surface area contributed by atoms with Gasteiger partial charge in [0.05, 0.1) is 10.5 Å². The van der Waals surface area contributed by atoms with Gasteiger partial charge in [0.1, 0.15) is 11.4 Å². The van der Waals surface area contributed by atoms with E-state index in [-0.39, 0.29) is 0 Å². The van der Waals surface area contributed by atoms with Crippen LogP contribution < -0.4 is 5.73 Å². The van der Waals surface area contributed by atoms with Crippen molar-refractivity contribution in [1.82, 2.24) is 9.97 Å². The monoisotopic (exact) mass is 287 g/mol. The van der Waals surface area contributed by atoms with E-state index in [1.807, 2.05) is 42.5 Å². The van der Waals surface area contributed by atoms with E-state index in [4.69, 9.17) is 17.3 Å². The molecule has 3 nitrogen and oxygen atoms in total. The molecule has 3 rings (SSSR count). The summed E-state index contributed by atoms with van der Waals surface area (Å²) in [6.45, 7) is 0. The van der Waals surface area contributed by atoms with Crippen molar-refractivity contribution in [3.8, 4) is 0 Å². The number of fused-ring (bicyclic) bond motifs is 1. The Morgan fingerprint density at radius 3 is 2.74 bits per heavy atom. The van der Waals surface area contributed by atoms with Gasteiger partial charge in [0, 0.05) is 16.0 Å². The lowest BCUT2D eigenvalue weighted by Crippen LogP contribution is -1.90. The van der Waals surface area contributed by atoms with Gasteiger partial charge < -0.3 is 5.73 Å².